The van der Waals surface area contributed by atoms with Gasteiger partial charge in [0.15, 0.2) is 0 Å². The monoisotopic (exact) mass is 285 g/mol. The number of alkyl halides is 1. The van der Waals surface area contributed by atoms with Gasteiger partial charge in [-0.2, -0.15) is 0 Å². The maximum Gasteiger partial charge on any atom is 0.323 e. The Morgan fingerprint density at radius 2 is 2.06 bits per heavy atom. The molecule has 0 fully saturated rings. The fourth-order valence-electron chi connectivity index (χ4n) is 1.29. The average Bonchev–Trinajstić information content (AvgIpc) is 2.30. The second-order valence-electron chi connectivity index (χ2n) is 3.51. The molecule has 0 aliphatic rings. The highest BCUT2D eigenvalue weighted by Crippen LogP contribution is 2.03. The van der Waals surface area contributed by atoms with Gasteiger partial charge < -0.3 is 10.5 Å². The molecule has 0 spiro atoms. The van der Waals surface area contributed by atoms with Crippen LogP contribution >= 0.6 is 15.9 Å². The van der Waals surface area contributed by atoms with Gasteiger partial charge in [-0.15, -0.1) is 0 Å². The molecular formula is C12H16BrNO2. The zero-order valence-corrected chi connectivity index (χ0v) is 10.7. The van der Waals surface area contributed by atoms with E-state index < -0.39 is 6.04 Å². The number of carbonyl (C=O) groups is 1. The third-order valence-electron chi connectivity index (χ3n) is 2.12. The molecule has 1 rings (SSSR count). The summed E-state index contributed by atoms with van der Waals surface area (Å²) in [7, 11) is 0. The van der Waals surface area contributed by atoms with Crippen molar-refractivity contribution in [2.24, 2.45) is 5.73 Å². The summed E-state index contributed by atoms with van der Waals surface area (Å²) in [6.07, 6.45) is 1.33. The van der Waals surface area contributed by atoms with E-state index in [2.05, 4.69) is 15.9 Å². The van der Waals surface area contributed by atoms with E-state index in [-0.39, 0.29) is 5.97 Å². The van der Waals surface area contributed by atoms with Crippen molar-refractivity contribution < 1.29 is 9.53 Å². The largest absolute Gasteiger partial charge is 0.464 e. The third-order valence-corrected chi connectivity index (χ3v) is 2.68. The normalized spacial score (nSPS) is 12.1. The molecule has 3 nitrogen and oxygen atoms in total. The summed E-state index contributed by atoms with van der Waals surface area (Å²) in [5, 5.41) is 0.828. The quantitative estimate of drug-likeness (QED) is 0.493. The van der Waals surface area contributed by atoms with Crippen LogP contribution < -0.4 is 5.73 Å². The summed E-state index contributed by atoms with van der Waals surface area (Å²) in [5.41, 5.74) is 6.79. The van der Waals surface area contributed by atoms with Crippen LogP contribution in [-0.2, 0) is 16.0 Å². The standard InChI is InChI=1S/C12H16BrNO2/c13-7-4-8-16-12(15)11(14)9-10-5-2-1-3-6-10/h1-3,5-6,11H,4,7-9,14H2/t11-/m0/s1. The SMILES string of the molecule is N[C@@H](Cc1ccccc1)C(=O)OCCCBr. The summed E-state index contributed by atoms with van der Waals surface area (Å²) in [6, 6.07) is 9.12. The Morgan fingerprint density at radius 3 is 2.69 bits per heavy atom. The molecule has 16 heavy (non-hydrogen) atoms. The molecule has 0 amide bonds. The van der Waals surface area contributed by atoms with Crippen LogP contribution in [0.5, 0.6) is 0 Å². The number of hydrogen-bond donors (Lipinski definition) is 1. The number of hydrogen-bond acceptors (Lipinski definition) is 3. The number of halogens is 1. The fourth-order valence-corrected chi connectivity index (χ4v) is 1.51. The first-order chi connectivity index (χ1) is 7.74. The molecular weight excluding hydrogens is 270 g/mol. The highest BCUT2D eigenvalue weighted by atomic mass is 79.9. The molecule has 88 valence electrons. The zero-order valence-electron chi connectivity index (χ0n) is 9.06. The third kappa shape index (κ3) is 4.77. The van der Waals surface area contributed by atoms with E-state index in [0.29, 0.717) is 13.0 Å². The lowest BCUT2D eigenvalue weighted by atomic mass is 10.1. The number of esters is 1. The minimum absolute atomic E-state index is 0.329. The second-order valence-corrected chi connectivity index (χ2v) is 4.30. The molecule has 0 heterocycles. The van der Waals surface area contributed by atoms with Crippen molar-refractivity contribution >= 4 is 21.9 Å². The van der Waals surface area contributed by atoms with Gasteiger partial charge in [0, 0.05) is 5.33 Å². The maximum absolute atomic E-state index is 11.5. The first kappa shape index (κ1) is 13.2. The van der Waals surface area contributed by atoms with Crippen LogP contribution in [0, 0.1) is 0 Å². The molecule has 0 saturated carbocycles. The van der Waals surface area contributed by atoms with Crippen LogP contribution in [0.3, 0.4) is 0 Å². The van der Waals surface area contributed by atoms with Crippen LogP contribution in [0.2, 0.25) is 0 Å². The van der Waals surface area contributed by atoms with Gasteiger partial charge in [0.05, 0.1) is 6.61 Å². The maximum atomic E-state index is 11.5. The molecule has 1 aromatic rings. The van der Waals surface area contributed by atoms with Crippen molar-refractivity contribution in [3.8, 4) is 0 Å². The van der Waals surface area contributed by atoms with E-state index in [1.807, 2.05) is 30.3 Å². The van der Waals surface area contributed by atoms with E-state index in [0.717, 1.165) is 17.3 Å². The molecule has 2 N–H and O–H groups in total. The highest BCUT2D eigenvalue weighted by Gasteiger charge is 2.14. The molecule has 0 aliphatic carbocycles. The molecule has 0 bridgehead atoms. The minimum Gasteiger partial charge on any atom is -0.464 e. The smallest absolute Gasteiger partial charge is 0.323 e. The van der Waals surface area contributed by atoms with Crippen LogP contribution in [0.4, 0.5) is 0 Å². The lowest BCUT2D eigenvalue weighted by molar-refractivity contribution is -0.145. The van der Waals surface area contributed by atoms with Gasteiger partial charge in [-0.05, 0) is 18.4 Å². The Bertz CT molecular complexity index is 316. The molecule has 0 saturated heterocycles. The summed E-state index contributed by atoms with van der Waals surface area (Å²) in [4.78, 5) is 11.5. The Morgan fingerprint density at radius 1 is 1.38 bits per heavy atom. The zero-order chi connectivity index (χ0) is 11.8. The summed E-state index contributed by atoms with van der Waals surface area (Å²) >= 11 is 3.27. The summed E-state index contributed by atoms with van der Waals surface area (Å²) in [6.45, 7) is 0.423. The van der Waals surface area contributed by atoms with E-state index in [1.165, 1.54) is 0 Å². The number of benzene rings is 1. The van der Waals surface area contributed by atoms with Crippen molar-refractivity contribution in [3.05, 3.63) is 35.9 Å². The predicted octanol–water partition coefficient (Wildman–Crippen LogP) is 1.88. The molecule has 4 heteroatoms. The van der Waals surface area contributed by atoms with Crippen LogP contribution in [-0.4, -0.2) is 23.9 Å². The van der Waals surface area contributed by atoms with Gasteiger partial charge in [0.1, 0.15) is 6.04 Å². The average molecular weight is 286 g/mol. The van der Waals surface area contributed by atoms with E-state index in [9.17, 15) is 4.79 Å². The molecule has 0 aromatic heterocycles. The van der Waals surface area contributed by atoms with E-state index in [4.69, 9.17) is 10.5 Å². The number of carbonyl (C=O) groups excluding carboxylic acids is 1. The fraction of sp³-hybridized carbons (Fsp3) is 0.417. The second kappa shape index (κ2) is 7.41. The predicted molar refractivity (Wildman–Crippen MR) is 67.5 cm³/mol. The van der Waals surface area contributed by atoms with Gasteiger partial charge in [0.2, 0.25) is 0 Å². The van der Waals surface area contributed by atoms with Gasteiger partial charge in [-0.3, -0.25) is 4.79 Å². The number of nitrogens with two attached hydrogens (primary N) is 1. The molecule has 0 aliphatic heterocycles. The van der Waals surface area contributed by atoms with E-state index >= 15 is 0 Å². The lowest BCUT2D eigenvalue weighted by Crippen LogP contribution is -2.34. The van der Waals surface area contributed by atoms with E-state index in [1.54, 1.807) is 0 Å². The number of rotatable bonds is 6. The Balaban J connectivity index is 2.34. The minimum atomic E-state index is -0.572. The van der Waals surface area contributed by atoms with Crippen LogP contribution in [0.25, 0.3) is 0 Å². The van der Waals surface area contributed by atoms with Crippen molar-refractivity contribution in [1.29, 1.82) is 0 Å². The molecule has 1 atom stereocenters. The number of ether oxygens (including phenoxy) is 1. The molecule has 1 aromatic carbocycles. The Labute approximate surface area is 104 Å². The van der Waals surface area contributed by atoms with Crippen molar-refractivity contribution in [1.82, 2.24) is 0 Å². The Kier molecular flexibility index (Phi) is 6.11. The van der Waals surface area contributed by atoms with Crippen molar-refractivity contribution in [2.75, 3.05) is 11.9 Å². The van der Waals surface area contributed by atoms with Crippen molar-refractivity contribution in [3.63, 3.8) is 0 Å². The highest BCUT2D eigenvalue weighted by molar-refractivity contribution is 9.09. The Hall–Kier alpha value is -0.870. The first-order valence-corrected chi connectivity index (χ1v) is 6.38. The van der Waals surface area contributed by atoms with Gasteiger partial charge in [-0.1, -0.05) is 46.3 Å². The van der Waals surface area contributed by atoms with Crippen LogP contribution in [0.15, 0.2) is 30.3 Å². The van der Waals surface area contributed by atoms with Crippen LogP contribution in [0.1, 0.15) is 12.0 Å². The molecule has 0 unspecified atom stereocenters. The topological polar surface area (TPSA) is 52.3 Å². The van der Waals surface area contributed by atoms with Gasteiger partial charge in [0.25, 0.3) is 0 Å². The first-order valence-electron chi connectivity index (χ1n) is 5.26. The summed E-state index contributed by atoms with van der Waals surface area (Å²) in [5.74, 6) is -0.329. The lowest BCUT2D eigenvalue weighted by Gasteiger charge is -2.11. The molecule has 0 radical (unpaired) electrons. The van der Waals surface area contributed by atoms with Crippen molar-refractivity contribution in [2.45, 2.75) is 18.9 Å². The summed E-state index contributed by atoms with van der Waals surface area (Å²) < 4.78 is 5.02. The van der Waals surface area contributed by atoms with Gasteiger partial charge >= 0.3 is 5.97 Å². The van der Waals surface area contributed by atoms with Gasteiger partial charge in [-0.25, -0.2) is 0 Å².